The van der Waals surface area contributed by atoms with Crippen molar-refractivity contribution in [1.82, 2.24) is 0 Å². The van der Waals surface area contributed by atoms with Crippen LogP contribution in [0.1, 0.15) is 135 Å². The summed E-state index contributed by atoms with van der Waals surface area (Å²) in [5.74, 6) is 0. The molecule has 0 saturated heterocycles. The average Bonchev–Trinajstić information content (AvgIpc) is 2.80. The Hall–Kier alpha value is -0.190. The number of hydrogen-bond acceptors (Lipinski definition) is 3. The van der Waals surface area contributed by atoms with Gasteiger partial charge in [-0.05, 0) is 57.8 Å². The van der Waals surface area contributed by atoms with E-state index in [2.05, 4.69) is 27.2 Å². The van der Waals surface area contributed by atoms with Gasteiger partial charge >= 0.3 is 7.82 Å². The minimum absolute atomic E-state index is 0.205. The third kappa shape index (κ3) is 14.4. The van der Waals surface area contributed by atoms with Gasteiger partial charge in [0.05, 0.1) is 27.7 Å². The van der Waals surface area contributed by atoms with E-state index < -0.39 is 7.82 Å². The van der Waals surface area contributed by atoms with E-state index in [0.717, 1.165) is 49.4 Å². The molecule has 0 aromatic carbocycles. The lowest BCUT2D eigenvalue weighted by Crippen LogP contribution is -2.53. The first-order chi connectivity index (χ1) is 16.8. The van der Waals surface area contributed by atoms with Crippen molar-refractivity contribution in [3.05, 3.63) is 11.6 Å². The highest BCUT2D eigenvalue weighted by atomic mass is 31.2. The van der Waals surface area contributed by atoms with Crippen LogP contribution in [0, 0.1) is 0 Å². The highest BCUT2D eigenvalue weighted by molar-refractivity contribution is 7.47. The first-order valence-electron chi connectivity index (χ1n) is 14.9. The number of quaternary nitrogens is 1. The first kappa shape index (κ1) is 31.0. The van der Waals surface area contributed by atoms with Crippen molar-refractivity contribution >= 4 is 7.82 Å². The molecule has 0 bridgehead atoms. The van der Waals surface area contributed by atoms with E-state index in [4.69, 9.17) is 9.05 Å². The molecule has 35 heavy (non-hydrogen) atoms. The number of allylic oxidation sites excluding steroid dienone is 2. The summed E-state index contributed by atoms with van der Waals surface area (Å²) in [6.07, 6.45) is 28.4. The molecule has 6 heteroatoms. The molecule has 1 N–H and O–H groups in total. The van der Waals surface area contributed by atoms with E-state index in [1.807, 2.05) is 0 Å². The van der Waals surface area contributed by atoms with Crippen molar-refractivity contribution < 1.29 is 23.0 Å². The molecular weight excluding hydrogens is 457 g/mol. The van der Waals surface area contributed by atoms with Gasteiger partial charge in [-0.2, -0.15) is 0 Å². The van der Waals surface area contributed by atoms with Crippen LogP contribution in [0.25, 0.3) is 0 Å². The Morgan fingerprint density at radius 1 is 0.800 bits per heavy atom. The van der Waals surface area contributed by atoms with Crippen molar-refractivity contribution in [2.75, 3.05) is 27.7 Å². The van der Waals surface area contributed by atoms with Crippen LogP contribution in [0.3, 0.4) is 0 Å². The second-order valence-electron chi connectivity index (χ2n) is 12.0. The van der Waals surface area contributed by atoms with Gasteiger partial charge in [-0.25, -0.2) is 4.57 Å². The smallest absolute Gasteiger partial charge is 0.326 e. The summed E-state index contributed by atoms with van der Waals surface area (Å²) in [5.41, 5.74) is 1.64. The first-order valence-corrected chi connectivity index (χ1v) is 16.4. The van der Waals surface area contributed by atoms with E-state index in [0.29, 0.717) is 6.61 Å². The predicted molar refractivity (Wildman–Crippen MR) is 148 cm³/mol. The van der Waals surface area contributed by atoms with E-state index in [-0.39, 0.29) is 12.1 Å². The summed E-state index contributed by atoms with van der Waals surface area (Å²) in [7, 11) is 2.40. The SMILES string of the molecule is C[N+](C)(C)[C@@H]1CCCC[C@H]1OP(=O)(O)OCCCCC=C1CCCCCCCCCCCCCC1. The maximum Gasteiger partial charge on any atom is 0.472 e. The molecular formula is C29H57NO4P+. The molecule has 0 amide bonds. The van der Waals surface area contributed by atoms with Crippen molar-refractivity contribution in [3.63, 3.8) is 0 Å². The van der Waals surface area contributed by atoms with Crippen LogP contribution < -0.4 is 0 Å². The zero-order valence-electron chi connectivity index (χ0n) is 23.4. The Balaban J connectivity index is 1.69. The molecule has 0 aromatic heterocycles. The Morgan fingerprint density at radius 2 is 1.31 bits per heavy atom. The third-order valence-electron chi connectivity index (χ3n) is 7.96. The Kier molecular flexibility index (Phi) is 15.4. The molecule has 5 nitrogen and oxygen atoms in total. The molecule has 2 rings (SSSR count). The maximum absolute atomic E-state index is 12.6. The molecule has 2 aliphatic rings. The number of likely N-dealkylation sites (N-methyl/N-ethyl adjacent to an activating group) is 1. The monoisotopic (exact) mass is 514 g/mol. The lowest BCUT2D eigenvalue weighted by atomic mass is 9.91. The van der Waals surface area contributed by atoms with Gasteiger partial charge in [0.2, 0.25) is 0 Å². The minimum Gasteiger partial charge on any atom is -0.326 e. The third-order valence-corrected chi connectivity index (χ3v) is 9.01. The molecule has 2 fully saturated rings. The highest BCUT2D eigenvalue weighted by Crippen LogP contribution is 2.47. The van der Waals surface area contributed by atoms with Crippen LogP contribution in [0.2, 0.25) is 0 Å². The number of hydrogen-bond donors (Lipinski definition) is 1. The van der Waals surface area contributed by atoms with E-state index in [1.165, 1.54) is 89.9 Å². The van der Waals surface area contributed by atoms with Crippen LogP contribution in [0.15, 0.2) is 11.6 Å². The van der Waals surface area contributed by atoms with Gasteiger partial charge < -0.3 is 9.38 Å². The van der Waals surface area contributed by atoms with Gasteiger partial charge in [-0.15, -0.1) is 0 Å². The summed E-state index contributed by atoms with van der Waals surface area (Å²) in [6.45, 7) is 0.290. The van der Waals surface area contributed by atoms with Gasteiger partial charge in [0, 0.05) is 6.42 Å². The lowest BCUT2D eigenvalue weighted by Gasteiger charge is -2.41. The van der Waals surface area contributed by atoms with E-state index in [9.17, 15) is 9.46 Å². The zero-order valence-corrected chi connectivity index (χ0v) is 24.2. The number of rotatable bonds is 9. The molecule has 0 heterocycles. The average molecular weight is 515 g/mol. The Labute approximate surface area is 217 Å². The highest BCUT2D eigenvalue weighted by Gasteiger charge is 2.40. The molecule has 0 aliphatic heterocycles. The van der Waals surface area contributed by atoms with Gasteiger partial charge in [0.1, 0.15) is 12.1 Å². The van der Waals surface area contributed by atoms with Gasteiger partial charge in [0.25, 0.3) is 0 Å². The van der Waals surface area contributed by atoms with Crippen molar-refractivity contribution in [1.29, 1.82) is 0 Å². The number of unbranched alkanes of at least 4 members (excludes halogenated alkanes) is 2. The predicted octanol–water partition coefficient (Wildman–Crippen LogP) is 8.71. The lowest BCUT2D eigenvalue weighted by molar-refractivity contribution is -0.900. The van der Waals surface area contributed by atoms with Gasteiger partial charge in [0.15, 0.2) is 0 Å². The fraction of sp³-hybridized carbons (Fsp3) is 0.931. The molecule has 2 saturated carbocycles. The molecule has 3 atom stereocenters. The van der Waals surface area contributed by atoms with Crippen LogP contribution >= 0.6 is 7.82 Å². The second kappa shape index (κ2) is 17.3. The molecule has 0 aromatic rings. The number of phosphoric ester groups is 1. The van der Waals surface area contributed by atoms with Gasteiger partial charge in [-0.3, -0.25) is 9.05 Å². The second-order valence-corrected chi connectivity index (χ2v) is 13.4. The standard InChI is InChI=1S/C29H56NO4P/c1-30(2,3)28-24-18-19-25-29(28)34-35(31,32)33-26-20-14-17-23-27-21-15-12-10-8-6-4-5-7-9-11-13-16-22-27/h23,28-29H,4-22,24-26H2,1-3H3/p+1/t28-,29-/m1/s1. The van der Waals surface area contributed by atoms with Crippen molar-refractivity contribution in [2.24, 2.45) is 0 Å². The largest absolute Gasteiger partial charge is 0.472 e. The summed E-state index contributed by atoms with van der Waals surface area (Å²) in [4.78, 5) is 10.3. The summed E-state index contributed by atoms with van der Waals surface area (Å²) in [5, 5.41) is 0. The molecule has 0 spiro atoms. The van der Waals surface area contributed by atoms with Crippen molar-refractivity contribution in [3.8, 4) is 0 Å². The Bertz CT molecular complexity index is 613. The molecule has 206 valence electrons. The molecule has 2 aliphatic carbocycles. The van der Waals surface area contributed by atoms with E-state index >= 15 is 0 Å². The van der Waals surface area contributed by atoms with Crippen LogP contribution in [-0.2, 0) is 13.6 Å². The zero-order chi connectivity index (χ0) is 25.4. The van der Waals surface area contributed by atoms with Gasteiger partial charge in [-0.1, -0.05) is 82.3 Å². The number of nitrogens with zero attached hydrogens (tertiary/aromatic N) is 1. The fourth-order valence-electron chi connectivity index (χ4n) is 5.82. The maximum atomic E-state index is 12.6. The van der Waals surface area contributed by atoms with Crippen molar-refractivity contribution in [2.45, 2.75) is 147 Å². The molecule has 0 radical (unpaired) electrons. The summed E-state index contributed by atoms with van der Waals surface area (Å²) >= 11 is 0. The Morgan fingerprint density at radius 3 is 1.86 bits per heavy atom. The van der Waals surface area contributed by atoms with E-state index in [1.54, 1.807) is 5.57 Å². The summed E-state index contributed by atoms with van der Waals surface area (Å²) in [6, 6.07) is 0.240. The van der Waals surface area contributed by atoms with Crippen LogP contribution in [0.4, 0.5) is 0 Å². The number of phosphoric acid groups is 1. The fourth-order valence-corrected chi connectivity index (χ4v) is 6.83. The topological polar surface area (TPSA) is 55.8 Å². The minimum atomic E-state index is -4.01. The van der Waals surface area contributed by atoms with Crippen LogP contribution in [-0.4, -0.2) is 49.3 Å². The quantitative estimate of drug-likeness (QED) is 0.145. The molecule has 1 unspecified atom stereocenters. The van der Waals surface area contributed by atoms with Crippen LogP contribution in [0.5, 0.6) is 0 Å². The summed E-state index contributed by atoms with van der Waals surface area (Å²) < 4.78 is 24.4. The normalized spacial score (nSPS) is 26.3.